The highest BCUT2D eigenvalue weighted by molar-refractivity contribution is 7.92. The van der Waals surface area contributed by atoms with E-state index in [-0.39, 0.29) is 10.7 Å². The second-order valence-electron chi connectivity index (χ2n) is 3.72. The maximum atomic E-state index is 12.3. The summed E-state index contributed by atoms with van der Waals surface area (Å²) >= 11 is 5.82. The van der Waals surface area contributed by atoms with Crippen LogP contribution in [-0.2, 0) is 10.0 Å². The van der Waals surface area contributed by atoms with Crippen molar-refractivity contribution in [2.24, 2.45) is 0 Å². The summed E-state index contributed by atoms with van der Waals surface area (Å²) in [6.45, 7) is 0. The SMILES string of the molecule is CNc1ncccc1S(=O)(=O)Nc1cccc(Cl)c1. The largest absolute Gasteiger partial charge is 0.372 e. The van der Waals surface area contributed by atoms with Crippen LogP contribution in [0.25, 0.3) is 0 Å². The van der Waals surface area contributed by atoms with Gasteiger partial charge in [-0.25, -0.2) is 13.4 Å². The molecule has 100 valence electrons. The Balaban J connectivity index is 2.38. The number of hydrogen-bond donors (Lipinski definition) is 2. The maximum Gasteiger partial charge on any atom is 0.265 e. The van der Waals surface area contributed by atoms with E-state index < -0.39 is 10.0 Å². The topological polar surface area (TPSA) is 71.1 Å². The summed E-state index contributed by atoms with van der Waals surface area (Å²) in [6.07, 6.45) is 1.52. The third-order valence-corrected chi connectivity index (χ3v) is 4.02. The zero-order chi connectivity index (χ0) is 13.9. The van der Waals surface area contributed by atoms with Gasteiger partial charge in [-0.3, -0.25) is 4.72 Å². The minimum Gasteiger partial charge on any atom is -0.372 e. The first-order valence-electron chi connectivity index (χ1n) is 5.44. The molecule has 1 aromatic heterocycles. The molecule has 0 aliphatic rings. The molecule has 1 aromatic carbocycles. The standard InChI is InChI=1S/C12H12ClN3O2S/c1-14-12-11(6-3-7-15-12)19(17,18)16-10-5-2-4-9(13)8-10/h2-8,16H,1H3,(H,14,15). The number of benzene rings is 1. The maximum absolute atomic E-state index is 12.3. The van der Waals surface area contributed by atoms with E-state index in [0.717, 1.165) is 0 Å². The van der Waals surface area contributed by atoms with Gasteiger partial charge in [0.15, 0.2) is 0 Å². The minimum atomic E-state index is -3.71. The van der Waals surface area contributed by atoms with Crippen molar-refractivity contribution in [2.45, 2.75) is 4.90 Å². The minimum absolute atomic E-state index is 0.0810. The van der Waals surface area contributed by atoms with Crippen LogP contribution in [0, 0.1) is 0 Å². The first-order valence-corrected chi connectivity index (χ1v) is 7.30. The van der Waals surface area contributed by atoms with E-state index in [1.54, 1.807) is 31.3 Å². The van der Waals surface area contributed by atoms with Crippen LogP contribution in [0.15, 0.2) is 47.5 Å². The summed E-state index contributed by atoms with van der Waals surface area (Å²) in [4.78, 5) is 4.05. The van der Waals surface area contributed by atoms with Crippen molar-refractivity contribution in [3.8, 4) is 0 Å². The van der Waals surface area contributed by atoms with Crippen LogP contribution < -0.4 is 10.0 Å². The van der Waals surface area contributed by atoms with Crippen LogP contribution in [0.1, 0.15) is 0 Å². The molecule has 2 aromatic rings. The molecule has 0 aliphatic carbocycles. The van der Waals surface area contributed by atoms with E-state index in [2.05, 4.69) is 15.0 Å². The lowest BCUT2D eigenvalue weighted by molar-refractivity contribution is 0.601. The average Bonchev–Trinajstić information content (AvgIpc) is 2.38. The lowest BCUT2D eigenvalue weighted by Crippen LogP contribution is -2.15. The molecule has 0 spiro atoms. The zero-order valence-corrected chi connectivity index (χ0v) is 11.7. The Morgan fingerprint density at radius 3 is 2.68 bits per heavy atom. The molecule has 2 N–H and O–H groups in total. The van der Waals surface area contributed by atoms with Crippen molar-refractivity contribution < 1.29 is 8.42 Å². The predicted octanol–water partition coefficient (Wildman–Crippen LogP) is 2.58. The van der Waals surface area contributed by atoms with Gasteiger partial charge in [0.25, 0.3) is 10.0 Å². The van der Waals surface area contributed by atoms with Gasteiger partial charge in [-0.2, -0.15) is 0 Å². The Bertz CT molecular complexity index is 689. The van der Waals surface area contributed by atoms with Crippen LogP contribution in [-0.4, -0.2) is 20.4 Å². The van der Waals surface area contributed by atoms with Crippen molar-refractivity contribution in [2.75, 3.05) is 17.1 Å². The average molecular weight is 298 g/mol. The van der Waals surface area contributed by atoms with Gasteiger partial charge in [-0.05, 0) is 30.3 Å². The molecule has 7 heteroatoms. The number of nitrogens with one attached hydrogen (secondary N) is 2. The van der Waals surface area contributed by atoms with Gasteiger partial charge < -0.3 is 5.32 Å². The van der Waals surface area contributed by atoms with Crippen molar-refractivity contribution in [1.29, 1.82) is 0 Å². The van der Waals surface area contributed by atoms with E-state index in [1.807, 2.05) is 0 Å². The molecule has 2 rings (SSSR count). The molecule has 1 heterocycles. The highest BCUT2D eigenvalue weighted by atomic mass is 35.5. The molecule has 0 bridgehead atoms. The number of nitrogens with zero attached hydrogens (tertiary/aromatic N) is 1. The lowest BCUT2D eigenvalue weighted by atomic mass is 10.3. The molecule has 5 nitrogen and oxygen atoms in total. The van der Waals surface area contributed by atoms with Crippen LogP contribution in [0.3, 0.4) is 0 Å². The van der Waals surface area contributed by atoms with E-state index in [4.69, 9.17) is 11.6 Å². The molecule has 0 aliphatic heterocycles. The molecule has 0 amide bonds. The quantitative estimate of drug-likeness (QED) is 0.910. The van der Waals surface area contributed by atoms with Crippen molar-refractivity contribution in [1.82, 2.24) is 4.98 Å². The third-order valence-electron chi connectivity index (χ3n) is 2.37. The molecular formula is C12H12ClN3O2S. The van der Waals surface area contributed by atoms with E-state index in [0.29, 0.717) is 10.7 Å². The molecular weight excluding hydrogens is 286 g/mol. The normalized spacial score (nSPS) is 11.1. The fourth-order valence-corrected chi connectivity index (χ4v) is 2.96. The Hall–Kier alpha value is -1.79. The summed E-state index contributed by atoms with van der Waals surface area (Å²) in [5, 5.41) is 3.20. The van der Waals surface area contributed by atoms with Gasteiger partial charge in [-0.1, -0.05) is 17.7 Å². The highest BCUT2D eigenvalue weighted by Crippen LogP contribution is 2.22. The zero-order valence-electron chi connectivity index (χ0n) is 10.1. The fraction of sp³-hybridized carbons (Fsp3) is 0.0833. The Morgan fingerprint density at radius 2 is 2.00 bits per heavy atom. The summed E-state index contributed by atoms with van der Waals surface area (Å²) < 4.78 is 27.0. The molecule has 0 fully saturated rings. The van der Waals surface area contributed by atoms with Crippen LogP contribution in [0.4, 0.5) is 11.5 Å². The molecule has 0 saturated carbocycles. The second-order valence-corrected chi connectivity index (χ2v) is 5.80. The highest BCUT2D eigenvalue weighted by Gasteiger charge is 2.18. The van der Waals surface area contributed by atoms with Gasteiger partial charge in [-0.15, -0.1) is 0 Å². The molecule has 0 radical (unpaired) electrons. The van der Waals surface area contributed by atoms with Crippen molar-refractivity contribution in [3.63, 3.8) is 0 Å². The van der Waals surface area contributed by atoms with Gasteiger partial charge in [0, 0.05) is 18.3 Å². The van der Waals surface area contributed by atoms with E-state index in [1.165, 1.54) is 18.3 Å². The smallest absolute Gasteiger partial charge is 0.265 e. The summed E-state index contributed by atoms with van der Waals surface area (Å²) in [7, 11) is -2.09. The fourth-order valence-electron chi connectivity index (χ4n) is 1.56. The second kappa shape index (κ2) is 5.46. The summed E-state index contributed by atoms with van der Waals surface area (Å²) in [5.74, 6) is 0.289. The van der Waals surface area contributed by atoms with Gasteiger partial charge in [0.2, 0.25) is 0 Å². The lowest BCUT2D eigenvalue weighted by Gasteiger charge is -2.11. The summed E-state index contributed by atoms with van der Waals surface area (Å²) in [6, 6.07) is 9.54. The van der Waals surface area contributed by atoms with Crippen molar-refractivity contribution in [3.05, 3.63) is 47.6 Å². The van der Waals surface area contributed by atoms with Crippen LogP contribution in [0.2, 0.25) is 5.02 Å². The third kappa shape index (κ3) is 3.15. The van der Waals surface area contributed by atoms with E-state index >= 15 is 0 Å². The van der Waals surface area contributed by atoms with Crippen LogP contribution in [0.5, 0.6) is 0 Å². The molecule has 19 heavy (non-hydrogen) atoms. The Kier molecular flexibility index (Phi) is 3.92. The predicted molar refractivity (Wildman–Crippen MR) is 76.0 cm³/mol. The van der Waals surface area contributed by atoms with Crippen LogP contribution >= 0.6 is 11.6 Å². The molecule has 0 saturated heterocycles. The summed E-state index contributed by atoms with van der Waals surface area (Å²) in [5.41, 5.74) is 0.401. The number of hydrogen-bond acceptors (Lipinski definition) is 4. The van der Waals surface area contributed by atoms with Crippen molar-refractivity contribution >= 4 is 33.1 Å². The number of aromatic nitrogens is 1. The number of anilines is 2. The van der Waals surface area contributed by atoms with E-state index in [9.17, 15) is 8.42 Å². The Morgan fingerprint density at radius 1 is 1.21 bits per heavy atom. The first-order chi connectivity index (χ1) is 9.03. The Labute approximate surface area is 116 Å². The van der Waals surface area contributed by atoms with Gasteiger partial charge in [0.05, 0.1) is 5.69 Å². The van der Waals surface area contributed by atoms with Gasteiger partial charge >= 0.3 is 0 Å². The van der Waals surface area contributed by atoms with Gasteiger partial charge in [0.1, 0.15) is 10.7 Å². The number of pyridine rings is 1. The molecule has 0 unspecified atom stereocenters. The number of sulfonamides is 1. The monoisotopic (exact) mass is 297 g/mol. The first kappa shape index (κ1) is 13.6. The number of halogens is 1. The number of rotatable bonds is 4. The molecule has 0 atom stereocenters.